The third-order valence-electron chi connectivity index (χ3n) is 4.66. The van der Waals surface area contributed by atoms with E-state index in [-0.39, 0.29) is 12.0 Å². The summed E-state index contributed by atoms with van der Waals surface area (Å²) in [6, 6.07) is 0.367. The highest BCUT2D eigenvalue weighted by Gasteiger charge is 2.23. The van der Waals surface area contributed by atoms with Crippen LogP contribution >= 0.6 is 0 Å². The Kier molecular flexibility index (Phi) is 8.99. The number of carbonyl (C=O) groups is 2. The highest BCUT2D eigenvalue weighted by molar-refractivity contribution is 5.76. The molecule has 2 fully saturated rings. The van der Waals surface area contributed by atoms with Crippen molar-refractivity contribution in [2.75, 3.05) is 65.6 Å². The van der Waals surface area contributed by atoms with Gasteiger partial charge in [0.2, 0.25) is 5.91 Å². The van der Waals surface area contributed by atoms with Gasteiger partial charge in [-0.3, -0.25) is 9.69 Å². The van der Waals surface area contributed by atoms with Crippen LogP contribution in [0, 0.1) is 0 Å². The monoisotopic (exact) mass is 356 g/mol. The number of nitrogens with zero attached hydrogens (tertiary/aromatic N) is 2. The maximum absolute atomic E-state index is 11.9. The zero-order chi connectivity index (χ0) is 17.9. The van der Waals surface area contributed by atoms with E-state index in [1.807, 2.05) is 6.92 Å². The fourth-order valence-corrected chi connectivity index (χ4v) is 3.14. The second-order valence-electron chi connectivity index (χ2n) is 6.47. The number of rotatable bonds is 8. The van der Waals surface area contributed by atoms with Crippen molar-refractivity contribution < 1.29 is 19.1 Å². The molecule has 2 N–H and O–H groups in total. The van der Waals surface area contributed by atoms with Crippen molar-refractivity contribution in [2.24, 2.45) is 0 Å². The Labute approximate surface area is 150 Å². The summed E-state index contributed by atoms with van der Waals surface area (Å²) in [5, 5.41) is 6.39. The van der Waals surface area contributed by atoms with Gasteiger partial charge in [-0.15, -0.1) is 0 Å². The van der Waals surface area contributed by atoms with Crippen molar-refractivity contribution in [3.8, 4) is 0 Å². The highest BCUT2D eigenvalue weighted by atomic mass is 16.6. The van der Waals surface area contributed by atoms with E-state index in [9.17, 15) is 9.59 Å². The first-order chi connectivity index (χ1) is 12.2. The summed E-state index contributed by atoms with van der Waals surface area (Å²) < 4.78 is 10.3. The molecule has 2 aliphatic heterocycles. The molecular formula is C17H32N4O4. The minimum absolute atomic E-state index is 0.0877. The summed E-state index contributed by atoms with van der Waals surface area (Å²) in [6.07, 6.45) is 2.07. The smallest absolute Gasteiger partial charge is 0.409 e. The molecule has 2 rings (SSSR count). The molecule has 2 amide bonds. The number of hydrogen-bond acceptors (Lipinski definition) is 6. The quantitative estimate of drug-likeness (QED) is 0.639. The van der Waals surface area contributed by atoms with Gasteiger partial charge in [-0.05, 0) is 19.8 Å². The molecule has 0 aliphatic carbocycles. The number of morpholine rings is 1. The van der Waals surface area contributed by atoms with Crippen LogP contribution in [-0.4, -0.2) is 93.5 Å². The minimum atomic E-state index is -0.222. The molecular weight excluding hydrogens is 324 g/mol. The molecule has 0 aromatic rings. The van der Waals surface area contributed by atoms with Crippen molar-refractivity contribution in [1.82, 2.24) is 20.4 Å². The van der Waals surface area contributed by atoms with E-state index in [0.29, 0.717) is 45.2 Å². The molecule has 8 heteroatoms. The lowest BCUT2D eigenvalue weighted by Crippen LogP contribution is -2.46. The van der Waals surface area contributed by atoms with E-state index in [0.717, 1.165) is 45.7 Å². The number of piperidine rings is 1. The second kappa shape index (κ2) is 11.3. The first-order valence-electron chi connectivity index (χ1n) is 9.41. The van der Waals surface area contributed by atoms with Gasteiger partial charge in [0.05, 0.1) is 19.8 Å². The summed E-state index contributed by atoms with van der Waals surface area (Å²) in [7, 11) is 0. The molecule has 2 heterocycles. The van der Waals surface area contributed by atoms with Crippen molar-refractivity contribution in [3.05, 3.63) is 0 Å². The van der Waals surface area contributed by atoms with E-state index in [4.69, 9.17) is 9.47 Å². The Morgan fingerprint density at radius 3 is 2.52 bits per heavy atom. The lowest BCUT2D eigenvalue weighted by molar-refractivity contribution is -0.121. The standard InChI is InChI=1S/C17H32N4O4/c1-2-25-17(23)21-8-4-15(5-9-21)18-6-3-16(22)19-7-10-20-11-13-24-14-12-20/h15,18H,2-14H2,1H3,(H,19,22). The molecule has 0 radical (unpaired) electrons. The molecule has 25 heavy (non-hydrogen) atoms. The van der Waals surface area contributed by atoms with Gasteiger partial charge in [0.1, 0.15) is 0 Å². The third-order valence-corrected chi connectivity index (χ3v) is 4.66. The summed E-state index contributed by atoms with van der Waals surface area (Å²) in [4.78, 5) is 27.6. The van der Waals surface area contributed by atoms with Crippen LogP contribution in [0.5, 0.6) is 0 Å². The van der Waals surface area contributed by atoms with E-state index in [2.05, 4.69) is 15.5 Å². The first-order valence-corrected chi connectivity index (χ1v) is 9.41. The van der Waals surface area contributed by atoms with Gasteiger partial charge in [-0.1, -0.05) is 0 Å². The van der Waals surface area contributed by atoms with Gasteiger partial charge in [0.25, 0.3) is 0 Å². The fraction of sp³-hybridized carbons (Fsp3) is 0.882. The molecule has 2 aliphatic rings. The molecule has 0 unspecified atom stereocenters. The van der Waals surface area contributed by atoms with Crippen molar-refractivity contribution >= 4 is 12.0 Å². The SMILES string of the molecule is CCOC(=O)N1CCC(NCCC(=O)NCCN2CCOCC2)CC1. The highest BCUT2D eigenvalue weighted by Crippen LogP contribution is 2.11. The lowest BCUT2D eigenvalue weighted by atomic mass is 10.1. The van der Waals surface area contributed by atoms with Crippen LogP contribution in [0.2, 0.25) is 0 Å². The second-order valence-corrected chi connectivity index (χ2v) is 6.47. The first kappa shape index (κ1) is 19.9. The van der Waals surface area contributed by atoms with Gasteiger partial charge in [-0.2, -0.15) is 0 Å². The van der Waals surface area contributed by atoms with Gasteiger partial charge >= 0.3 is 6.09 Å². The summed E-state index contributed by atoms with van der Waals surface area (Å²) in [5.74, 6) is 0.0877. The van der Waals surface area contributed by atoms with Crippen molar-refractivity contribution in [2.45, 2.75) is 32.2 Å². The predicted octanol–water partition coefficient (Wildman–Crippen LogP) is 0.0354. The zero-order valence-corrected chi connectivity index (χ0v) is 15.3. The van der Waals surface area contributed by atoms with Crippen molar-refractivity contribution in [1.29, 1.82) is 0 Å². The summed E-state index contributed by atoms with van der Waals surface area (Å²) in [6.45, 7) is 9.36. The van der Waals surface area contributed by atoms with Gasteiger partial charge in [-0.25, -0.2) is 4.79 Å². The number of amides is 2. The number of ether oxygens (including phenoxy) is 2. The van der Waals surface area contributed by atoms with Crippen LogP contribution in [0.25, 0.3) is 0 Å². The van der Waals surface area contributed by atoms with Crippen LogP contribution in [0.15, 0.2) is 0 Å². The minimum Gasteiger partial charge on any atom is -0.450 e. The van der Waals surface area contributed by atoms with Crippen molar-refractivity contribution in [3.63, 3.8) is 0 Å². The molecule has 8 nitrogen and oxygen atoms in total. The average Bonchev–Trinajstić information content (AvgIpc) is 2.63. The Morgan fingerprint density at radius 1 is 1.12 bits per heavy atom. The van der Waals surface area contributed by atoms with E-state index in [1.54, 1.807) is 4.90 Å². The molecule has 144 valence electrons. The molecule has 0 atom stereocenters. The molecule has 0 aromatic carbocycles. The Balaban J connectivity index is 1.48. The molecule has 0 saturated carbocycles. The topological polar surface area (TPSA) is 83.1 Å². The molecule has 0 bridgehead atoms. The largest absolute Gasteiger partial charge is 0.450 e. The van der Waals surface area contributed by atoms with Gasteiger partial charge in [0, 0.05) is 58.3 Å². The third kappa shape index (κ3) is 7.58. The van der Waals surface area contributed by atoms with Gasteiger partial charge < -0.3 is 25.0 Å². The van der Waals surface area contributed by atoms with Crippen LogP contribution in [0.1, 0.15) is 26.2 Å². The van der Waals surface area contributed by atoms with E-state index in [1.165, 1.54) is 0 Å². The van der Waals surface area contributed by atoms with E-state index >= 15 is 0 Å². The average molecular weight is 356 g/mol. The van der Waals surface area contributed by atoms with Gasteiger partial charge in [0.15, 0.2) is 0 Å². The maximum atomic E-state index is 11.9. The number of carbonyl (C=O) groups excluding carboxylic acids is 2. The molecule has 0 spiro atoms. The van der Waals surface area contributed by atoms with Crippen LogP contribution < -0.4 is 10.6 Å². The fourth-order valence-electron chi connectivity index (χ4n) is 3.14. The maximum Gasteiger partial charge on any atom is 0.409 e. The van der Waals surface area contributed by atoms with Crippen LogP contribution in [0.3, 0.4) is 0 Å². The zero-order valence-electron chi connectivity index (χ0n) is 15.3. The number of nitrogens with one attached hydrogen (secondary N) is 2. The Morgan fingerprint density at radius 2 is 1.84 bits per heavy atom. The van der Waals surface area contributed by atoms with Crippen LogP contribution in [-0.2, 0) is 14.3 Å². The molecule has 0 aromatic heterocycles. The Bertz CT molecular complexity index is 407. The predicted molar refractivity (Wildman–Crippen MR) is 94.5 cm³/mol. The normalized spacial score (nSPS) is 19.6. The van der Waals surface area contributed by atoms with E-state index < -0.39 is 0 Å². The Hall–Kier alpha value is -1.38. The molecule has 2 saturated heterocycles. The van der Waals surface area contributed by atoms with Crippen LogP contribution in [0.4, 0.5) is 4.79 Å². The summed E-state index contributed by atoms with van der Waals surface area (Å²) >= 11 is 0. The number of likely N-dealkylation sites (tertiary alicyclic amines) is 1. The summed E-state index contributed by atoms with van der Waals surface area (Å²) in [5.41, 5.74) is 0. The lowest BCUT2D eigenvalue weighted by Gasteiger charge is -2.31. The number of hydrogen-bond donors (Lipinski definition) is 2.